The van der Waals surface area contributed by atoms with Crippen molar-refractivity contribution in [1.29, 1.82) is 5.26 Å². The summed E-state index contributed by atoms with van der Waals surface area (Å²) < 4.78 is 10.5. The van der Waals surface area contributed by atoms with Crippen LogP contribution in [0, 0.1) is 17.9 Å². The van der Waals surface area contributed by atoms with Crippen molar-refractivity contribution in [2.75, 3.05) is 0 Å². The van der Waals surface area contributed by atoms with Gasteiger partial charge in [0.05, 0.1) is 39.6 Å². The van der Waals surface area contributed by atoms with E-state index < -0.39 is 0 Å². The summed E-state index contributed by atoms with van der Waals surface area (Å²) in [4.78, 5) is 4.02. The molecule has 0 fully saturated rings. The molecule has 0 saturated heterocycles. The first-order valence-corrected chi connectivity index (χ1v) is 14.8. The number of para-hydroxylation sites is 2. The molecular weight excluding hydrogens is 547 g/mol. The van der Waals surface area contributed by atoms with Gasteiger partial charge in [-0.15, -0.1) is 11.3 Å². The van der Waals surface area contributed by atoms with Crippen LogP contribution in [-0.4, -0.2) is 4.57 Å². The van der Waals surface area contributed by atoms with Crippen molar-refractivity contribution in [2.45, 2.75) is 0 Å². The number of hydrogen-bond donors (Lipinski definition) is 0. The smallest absolute Gasteiger partial charge is 0.205 e. The van der Waals surface area contributed by atoms with Gasteiger partial charge < -0.3 is 8.98 Å². The van der Waals surface area contributed by atoms with E-state index in [9.17, 15) is 5.26 Å². The van der Waals surface area contributed by atoms with Gasteiger partial charge in [0.15, 0.2) is 0 Å². The normalized spacial score (nSPS) is 11.7. The molecule has 0 aliphatic heterocycles. The van der Waals surface area contributed by atoms with Crippen LogP contribution in [0.1, 0.15) is 5.56 Å². The molecule has 3 aromatic heterocycles. The second-order valence-corrected chi connectivity index (χ2v) is 11.7. The summed E-state index contributed by atoms with van der Waals surface area (Å²) in [6, 6.07) is 41.4. The van der Waals surface area contributed by atoms with Gasteiger partial charge in [0.25, 0.3) is 0 Å². The minimum atomic E-state index is 0.626. The zero-order valence-electron chi connectivity index (χ0n) is 22.6. The fourth-order valence-corrected chi connectivity index (χ4v) is 7.84. The van der Waals surface area contributed by atoms with Crippen LogP contribution < -0.4 is 0 Å². The van der Waals surface area contributed by atoms with Crippen molar-refractivity contribution in [2.24, 2.45) is 0 Å². The predicted molar refractivity (Wildman–Crippen MR) is 177 cm³/mol. The van der Waals surface area contributed by atoms with Crippen LogP contribution in [-0.2, 0) is 0 Å². The van der Waals surface area contributed by atoms with Crippen molar-refractivity contribution in [3.8, 4) is 22.9 Å². The van der Waals surface area contributed by atoms with Crippen LogP contribution in [0.2, 0.25) is 0 Å². The van der Waals surface area contributed by atoms with Gasteiger partial charge in [0, 0.05) is 31.6 Å². The zero-order valence-corrected chi connectivity index (χ0v) is 23.4. The van der Waals surface area contributed by atoms with E-state index in [0.29, 0.717) is 11.3 Å². The quantitative estimate of drug-likeness (QED) is 0.196. The molecule has 0 N–H and O–H groups in total. The summed E-state index contributed by atoms with van der Waals surface area (Å²) >= 11 is 1.66. The van der Waals surface area contributed by atoms with Crippen molar-refractivity contribution >= 4 is 80.9 Å². The first kappa shape index (κ1) is 23.8. The van der Waals surface area contributed by atoms with Gasteiger partial charge in [-0.25, -0.2) is 4.85 Å². The van der Waals surface area contributed by atoms with Crippen LogP contribution in [0.5, 0.6) is 0 Å². The van der Waals surface area contributed by atoms with Gasteiger partial charge in [-0.3, -0.25) is 0 Å². The molecule has 0 unspecified atom stereocenters. The molecule has 0 atom stereocenters. The lowest BCUT2D eigenvalue weighted by molar-refractivity contribution is 0.669. The Morgan fingerprint density at radius 2 is 1.44 bits per heavy atom. The Hall–Kier alpha value is -5.88. The maximum absolute atomic E-state index is 9.70. The highest BCUT2D eigenvalue weighted by molar-refractivity contribution is 7.26. The minimum Gasteiger partial charge on any atom is -0.456 e. The lowest BCUT2D eigenvalue weighted by atomic mass is 9.97. The molecule has 198 valence electrons. The molecule has 4 nitrogen and oxygen atoms in total. The fourth-order valence-electron chi connectivity index (χ4n) is 6.60. The van der Waals surface area contributed by atoms with Crippen molar-refractivity contribution < 1.29 is 4.42 Å². The molecule has 0 aliphatic carbocycles. The first-order valence-electron chi connectivity index (χ1n) is 13.9. The van der Waals surface area contributed by atoms with E-state index in [2.05, 4.69) is 76.1 Å². The number of fused-ring (bicyclic) bond motifs is 9. The number of hydrogen-bond acceptors (Lipinski definition) is 3. The maximum Gasteiger partial charge on any atom is 0.205 e. The van der Waals surface area contributed by atoms with Gasteiger partial charge >= 0.3 is 0 Å². The molecule has 3 heterocycles. The van der Waals surface area contributed by atoms with Gasteiger partial charge in [-0.2, -0.15) is 5.26 Å². The zero-order chi connectivity index (χ0) is 28.7. The number of thiophene rings is 1. The Kier molecular flexibility index (Phi) is 4.87. The lowest BCUT2D eigenvalue weighted by Crippen LogP contribution is -1.94. The fraction of sp³-hybridized carbons (Fsp3) is 0. The SMILES string of the molecule is [C-]#[N+]c1cc(-c2cccc3oc4ccccc4c23)cc2c1sc1c(-n3c4ccccc4c4ccc(C#N)cc43)cccc12. The van der Waals surface area contributed by atoms with Gasteiger partial charge in [0.1, 0.15) is 11.2 Å². The van der Waals surface area contributed by atoms with Gasteiger partial charge in [0.2, 0.25) is 5.69 Å². The number of aromatic nitrogens is 1. The van der Waals surface area contributed by atoms with Crippen molar-refractivity contribution in [1.82, 2.24) is 4.57 Å². The molecule has 0 radical (unpaired) electrons. The van der Waals surface area contributed by atoms with Gasteiger partial charge in [-0.05, 0) is 65.0 Å². The second kappa shape index (κ2) is 8.81. The first-order chi connectivity index (χ1) is 21.2. The highest BCUT2D eigenvalue weighted by Gasteiger charge is 2.20. The summed E-state index contributed by atoms with van der Waals surface area (Å²) in [5.41, 5.74) is 8.13. The number of benzene rings is 6. The standard InChI is InChI=1S/C38H19N3OS/c1-40-30-20-23(24-10-7-15-35-36(24)28-9-3-5-14-34(28)42-35)19-29-27-11-6-13-32(38(27)43-37(29)30)41-31-12-4-2-8-25(31)26-17-16-22(21-39)18-33(26)41/h2-20H. The highest BCUT2D eigenvalue weighted by atomic mass is 32.1. The molecule has 0 aliphatic rings. The van der Waals surface area contributed by atoms with E-state index in [1.54, 1.807) is 11.3 Å². The molecule has 0 amide bonds. The van der Waals surface area contributed by atoms with Crippen LogP contribution >= 0.6 is 11.3 Å². The average Bonchev–Trinajstić information content (AvgIpc) is 3.73. The number of furan rings is 1. The molecule has 5 heteroatoms. The Labute approximate surface area is 249 Å². The highest BCUT2D eigenvalue weighted by Crippen LogP contribution is 2.47. The van der Waals surface area contributed by atoms with E-state index >= 15 is 0 Å². The van der Waals surface area contributed by atoms with E-state index in [4.69, 9.17) is 11.0 Å². The third-order valence-corrected chi connectivity index (χ3v) is 9.70. The summed E-state index contributed by atoms with van der Waals surface area (Å²) in [6.07, 6.45) is 0. The predicted octanol–water partition coefficient (Wildman–Crippen LogP) is 11.1. The van der Waals surface area contributed by atoms with Crippen LogP contribution in [0.4, 0.5) is 5.69 Å². The molecular formula is C38H19N3OS. The molecule has 9 rings (SSSR count). The molecule has 9 aromatic rings. The minimum absolute atomic E-state index is 0.626. The van der Waals surface area contributed by atoms with E-state index in [0.717, 1.165) is 80.7 Å². The Morgan fingerprint density at radius 1 is 0.674 bits per heavy atom. The summed E-state index contributed by atoms with van der Waals surface area (Å²) in [5, 5.41) is 16.3. The topological polar surface area (TPSA) is 46.2 Å². The van der Waals surface area contributed by atoms with E-state index in [1.807, 2.05) is 54.6 Å². The number of nitriles is 1. The molecule has 0 bridgehead atoms. The Balaban J connectivity index is 1.37. The molecule has 43 heavy (non-hydrogen) atoms. The number of nitrogens with zero attached hydrogens (tertiary/aromatic N) is 3. The Bertz CT molecular complexity index is 2710. The Morgan fingerprint density at radius 3 is 2.33 bits per heavy atom. The third kappa shape index (κ3) is 3.29. The summed E-state index contributed by atoms with van der Waals surface area (Å²) in [7, 11) is 0. The van der Waals surface area contributed by atoms with Crippen molar-refractivity contribution in [3.63, 3.8) is 0 Å². The van der Waals surface area contributed by atoms with E-state index in [1.165, 1.54) is 0 Å². The largest absolute Gasteiger partial charge is 0.456 e. The summed E-state index contributed by atoms with van der Waals surface area (Å²) in [6.45, 7) is 8.15. The lowest BCUT2D eigenvalue weighted by Gasteiger charge is -2.09. The van der Waals surface area contributed by atoms with Crippen LogP contribution in [0.15, 0.2) is 120 Å². The molecule has 6 aromatic carbocycles. The average molecular weight is 566 g/mol. The third-order valence-electron chi connectivity index (χ3n) is 8.44. The number of rotatable bonds is 2. The van der Waals surface area contributed by atoms with Crippen molar-refractivity contribution in [3.05, 3.63) is 132 Å². The maximum atomic E-state index is 9.70. The monoisotopic (exact) mass is 565 g/mol. The van der Waals surface area contributed by atoms with Gasteiger partial charge in [-0.1, -0.05) is 66.7 Å². The second-order valence-electron chi connectivity index (χ2n) is 10.7. The van der Waals surface area contributed by atoms with Crippen LogP contribution in [0.25, 0.3) is 85.6 Å². The van der Waals surface area contributed by atoms with Crippen LogP contribution in [0.3, 0.4) is 0 Å². The molecule has 0 saturated carbocycles. The molecule has 0 spiro atoms. The summed E-state index contributed by atoms with van der Waals surface area (Å²) in [5.74, 6) is 0. The van der Waals surface area contributed by atoms with E-state index in [-0.39, 0.29) is 0 Å².